The maximum absolute atomic E-state index is 6.11. The summed E-state index contributed by atoms with van der Waals surface area (Å²) in [6.07, 6.45) is 0. The predicted octanol–water partition coefficient (Wildman–Crippen LogP) is 4.70. The summed E-state index contributed by atoms with van der Waals surface area (Å²) in [6, 6.07) is 24.2. The molecular weight excluding hydrogens is 324 g/mol. The summed E-state index contributed by atoms with van der Waals surface area (Å²) < 4.78 is 11.6. The number of aryl methyl sites for hydroxylation is 1. The van der Waals surface area contributed by atoms with Crippen molar-refractivity contribution in [2.75, 3.05) is 12.5 Å². The molecule has 0 aliphatic carbocycles. The van der Waals surface area contributed by atoms with E-state index in [1.807, 2.05) is 54.6 Å². The first-order valence-electron chi connectivity index (χ1n) is 8.64. The predicted molar refractivity (Wildman–Crippen MR) is 105 cm³/mol. The third-order valence-electron chi connectivity index (χ3n) is 4.03. The van der Waals surface area contributed by atoms with Gasteiger partial charge in [0.2, 0.25) is 0 Å². The molecule has 26 heavy (non-hydrogen) atoms. The molecule has 0 atom stereocenters. The lowest BCUT2D eigenvalue weighted by Gasteiger charge is -2.16. The van der Waals surface area contributed by atoms with Crippen molar-refractivity contribution in [3.8, 4) is 11.5 Å². The van der Waals surface area contributed by atoms with E-state index in [2.05, 4.69) is 36.0 Å². The lowest BCUT2D eigenvalue weighted by atomic mass is 10.1. The van der Waals surface area contributed by atoms with Gasteiger partial charge in [0.25, 0.3) is 0 Å². The summed E-state index contributed by atoms with van der Waals surface area (Å²) in [6.45, 7) is 3.19. The average Bonchev–Trinajstić information content (AvgIpc) is 2.67. The zero-order chi connectivity index (χ0) is 18.2. The van der Waals surface area contributed by atoms with Crippen molar-refractivity contribution in [3.63, 3.8) is 0 Å². The summed E-state index contributed by atoms with van der Waals surface area (Å²) >= 11 is 0. The van der Waals surface area contributed by atoms with E-state index in [-0.39, 0.29) is 0 Å². The SMILES string of the molecule is COc1cccc(CNNc2ccccc2)c1OCc1cccc(C)c1. The Morgan fingerprint density at radius 1 is 0.885 bits per heavy atom. The molecule has 3 rings (SSSR count). The molecule has 0 bridgehead atoms. The minimum absolute atomic E-state index is 0.501. The van der Waals surface area contributed by atoms with Crippen LogP contribution >= 0.6 is 0 Å². The van der Waals surface area contributed by atoms with E-state index in [4.69, 9.17) is 9.47 Å². The Labute approximate surface area is 154 Å². The van der Waals surface area contributed by atoms with Gasteiger partial charge in [-0.2, -0.15) is 0 Å². The normalized spacial score (nSPS) is 10.4. The van der Waals surface area contributed by atoms with Crippen LogP contribution in [0, 0.1) is 6.92 Å². The Kier molecular flexibility index (Phi) is 6.12. The molecule has 4 nitrogen and oxygen atoms in total. The Morgan fingerprint density at radius 3 is 2.46 bits per heavy atom. The average molecular weight is 348 g/mol. The second kappa shape index (κ2) is 8.92. The number of rotatable bonds is 8. The molecule has 0 saturated carbocycles. The molecule has 0 spiro atoms. The van der Waals surface area contributed by atoms with Gasteiger partial charge in [-0.3, -0.25) is 0 Å². The monoisotopic (exact) mass is 348 g/mol. The van der Waals surface area contributed by atoms with Gasteiger partial charge in [-0.15, -0.1) is 0 Å². The van der Waals surface area contributed by atoms with Crippen LogP contribution in [-0.4, -0.2) is 7.11 Å². The van der Waals surface area contributed by atoms with Gasteiger partial charge in [0.15, 0.2) is 11.5 Å². The van der Waals surface area contributed by atoms with E-state index in [9.17, 15) is 0 Å². The third kappa shape index (κ3) is 4.77. The Hall–Kier alpha value is -2.98. The number of anilines is 1. The van der Waals surface area contributed by atoms with Crippen molar-refractivity contribution in [2.45, 2.75) is 20.1 Å². The Morgan fingerprint density at radius 2 is 1.69 bits per heavy atom. The van der Waals surface area contributed by atoms with E-state index in [0.717, 1.165) is 28.3 Å². The molecule has 0 aliphatic rings. The van der Waals surface area contributed by atoms with Crippen LogP contribution in [0.1, 0.15) is 16.7 Å². The van der Waals surface area contributed by atoms with Gasteiger partial charge in [-0.25, -0.2) is 5.43 Å². The first kappa shape index (κ1) is 17.8. The molecule has 0 saturated heterocycles. The minimum atomic E-state index is 0.501. The summed E-state index contributed by atoms with van der Waals surface area (Å²) in [7, 11) is 1.66. The molecule has 0 heterocycles. The van der Waals surface area contributed by atoms with Gasteiger partial charge in [0.05, 0.1) is 7.11 Å². The molecule has 0 unspecified atom stereocenters. The number of ether oxygens (including phenoxy) is 2. The van der Waals surface area contributed by atoms with E-state index in [1.54, 1.807) is 7.11 Å². The quantitative estimate of drug-likeness (QED) is 0.579. The Balaban J connectivity index is 1.69. The highest BCUT2D eigenvalue weighted by atomic mass is 16.5. The van der Waals surface area contributed by atoms with Crippen molar-refractivity contribution >= 4 is 5.69 Å². The fourth-order valence-corrected chi connectivity index (χ4v) is 2.75. The lowest BCUT2D eigenvalue weighted by Crippen LogP contribution is -2.21. The summed E-state index contributed by atoms with van der Waals surface area (Å²) in [4.78, 5) is 0. The van der Waals surface area contributed by atoms with Crippen molar-refractivity contribution < 1.29 is 9.47 Å². The van der Waals surface area contributed by atoms with E-state index in [1.165, 1.54) is 5.56 Å². The molecule has 2 N–H and O–H groups in total. The number of hydrogen-bond acceptors (Lipinski definition) is 4. The zero-order valence-corrected chi connectivity index (χ0v) is 15.2. The molecule has 0 aliphatic heterocycles. The summed E-state index contributed by atoms with van der Waals surface area (Å²) in [5.74, 6) is 1.50. The minimum Gasteiger partial charge on any atom is -0.493 e. The first-order chi connectivity index (χ1) is 12.8. The highest BCUT2D eigenvalue weighted by Crippen LogP contribution is 2.31. The van der Waals surface area contributed by atoms with Crippen LogP contribution in [0.15, 0.2) is 72.8 Å². The summed E-state index contributed by atoms with van der Waals surface area (Å²) in [5, 5.41) is 0. The number of hydrogen-bond donors (Lipinski definition) is 2. The third-order valence-corrected chi connectivity index (χ3v) is 4.03. The smallest absolute Gasteiger partial charge is 0.166 e. The molecule has 0 fully saturated rings. The number of para-hydroxylation sites is 2. The standard InChI is InChI=1S/C22H24N2O2/c1-17-8-6-9-18(14-17)16-26-22-19(10-7-13-21(22)25-2)15-23-24-20-11-4-3-5-12-20/h3-14,23-24H,15-16H2,1-2H3. The number of methoxy groups -OCH3 is 1. The van der Waals surface area contributed by atoms with Crippen LogP contribution < -0.4 is 20.3 Å². The largest absolute Gasteiger partial charge is 0.493 e. The maximum Gasteiger partial charge on any atom is 0.166 e. The van der Waals surface area contributed by atoms with E-state index in [0.29, 0.717) is 13.2 Å². The second-order valence-electron chi connectivity index (χ2n) is 6.07. The molecule has 3 aromatic rings. The molecule has 134 valence electrons. The summed E-state index contributed by atoms with van der Waals surface area (Å²) in [5.41, 5.74) is 10.8. The number of nitrogens with one attached hydrogen (secondary N) is 2. The lowest BCUT2D eigenvalue weighted by molar-refractivity contribution is 0.281. The molecule has 3 aromatic carbocycles. The van der Waals surface area contributed by atoms with Gasteiger partial charge >= 0.3 is 0 Å². The molecule has 0 amide bonds. The topological polar surface area (TPSA) is 42.5 Å². The highest BCUT2D eigenvalue weighted by molar-refractivity contribution is 5.47. The van der Waals surface area contributed by atoms with E-state index < -0.39 is 0 Å². The van der Waals surface area contributed by atoms with Gasteiger partial charge in [-0.1, -0.05) is 60.2 Å². The zero-order valence-electron chi connectivity index (χ0n) is 15.2. The van der Waals surface area contributed by atoms with Crippen LogP contribution in [-0.2, 0) is 13.2 Å². The van der Waals surface area contributed by atoms with Crippen LogP contribution in [0.5, 0.6) is 11.5 Å². The van der Waals surface area contributed by atoms with Crippen molar-refractivity contribution in [2.24, 2.45) is 0 Å². The number of benzene rings is 3. The Bertz CT molecular complexity index is 835. The fraction of sp³-hybridized carbons (Fsp3) is 0.182. The van der Waals surface area contributed by atoms with Crippen molar-refractivity contribution in [1.29, 1.82) is 0 Å². The van der Waals surface area contributed by atoms with Gasteiger partial charge < -0.3 is 14.9 Å². The highest BCUT2D eigenvalue weighted by Gasteiger charge is 2.11. The van der Waals surface area contributed by atoms with Crippen molar-refractivity contribution in [1.82, 2.24) is 5.43 Å². The fourth-order valence-electron chi connectivity index (χ4n) is 2.75. The number of hydrazine groups is 1. The maximum atomic E-state index is 6.11. The first-order valence-corrected chi connectivity index (χ1v) is 8.64. The van der Waals surface area contributed by atoms with Crippen LogP contribution in [0.25, 0.3) is 0 Å². The van der Waals surface area contributed by atoms with Gasteiger partial charge in [-0.05, 0) is 30.7 Å². The second-order valence-corrected chi connectivity index (χ2v) is 6.07. The van der Waals surface area contributed by atoms with Gasteiger partial charge in [0, 0.05) is 17.8 Å². The molecule has 0 aromatic heterocycles. The van der Waals surface area contributed by atoms with Gasteiger partial charge in [0.1, 0.15) is 6.61 Å². The van der Waals surface area contributed by atoms with Crippen LogP contribution in [0.3, 0.4) is 0 Å². The molecule has 4 heteroatoms. The molecular formula is C22H24N2O2. The van der Waals surface area contributed by atoms with Crippen LogP contribution in [0.4, 0.5) is 5.69 Å². The van der Waals surface area contributed by atoms with E-state index >= 15 is 0 Å². The van der Waals surface area contributed by atoms with Crippen molar-refractivity contribution in [3.05, 3.63) is 89.5 Å². The molecule has 0 radical (unpaired) electrons. The van der Waals surface area contributed by atoms with Crippen LogP contribution in [0.2, 0.25) is 0 Å².